The summed E-state index contributed by atoms with van der Waals surface area (Å²) in [5.74, 6) is 1.56. The largest absolute Gasteiger partial charge is 0.496 e. The lowest BCUT2D eigenvalue weighted by Crippen LogP contribution is -2.16. The molecule has 1 aromatic rings. The Morgan fingerprint density at radius 2 is 1.88 bits per heavy atom. The van der Waals surface area contributed by atoms with E-state index < -0.39 is 0 Å². The van der Waals surface area contributed by atoms with Crippen molar-refractivity contribution in [2.24, 2.45) is 0 Å². The molecule has 1 unspecified atom stereocenters. The predicted octanol–water partition coefficient (Wildman–Crippen LogP) is 2.94. The van der Waals surface area contributed by atoms with Crippen molar-refractivity contribution in [2.75, 3.05) is 20.7 Å². The molecule has 0 radical (unpaired) electrons. The summed E-state index contributed by atoms with van der Waals surface area (Å²) in [5, 5.41) is 3.23. The van der Waals surface area contributed by atoms with Crippen molar-refractivity contribution >= 4 is 0 Å². The SMILES string of the molecule is CNCC(C)c1cc(C)c(OC)c(C)c1C. The summed E-state index contributed by atoms with van der Waals surface area (Å²) in [6.07, 6.45) is 0. The number of rotatable bonds is 4. The molecule has 1 rings (SSSR count). The number of ether oxygens (including phenoxy) is 1. The van der Waals surface area contributed by atoms with Crippen molar-refractivity contribution in [3.63, 3.8) is 0 Å². The zero-order valence-corrected chi connectivity index (χ0v) is 11.3. The lowest BCUT2D eigenvalue weighted by molar-refractivity contribution is 0.407. The number of aryl methyl sites for hydroxylation is 1. The molecule has 0 heterocycles. The summed E-state index contributed by atoms with van der Waals surface area (Å²) in [6.45, 7) is 9.69. The average Bonchev–Trinajstić information content (AvgIpc) is 2.24. The molecule has 0 saturated carbocycles. The van der Waals surface area contributed by atoms with E-state index in [1.807, 2.05) is 7.05 Å². The van der Waals surface area contributed by atoms with Crippen LogP contribution in [0.15, 0.2) is 6.07 Å². The van der Waals surface area contributed by atoms with Crippen molar-refractivity contribution in [1.82, 2.24) is 5.32 Å². The molecule has 0 aliphatic rings. The third-order valence-electron chi connectivity index (χ3n) is 3.31. The van der Waals surface area contributed by atoms with Crippen LogP contribution in [0.5, 0.6) is 5.75 Å². The second kappa shape index (κ2) is 5.35. The molecule has 0 saturated heterocycles. The van der Waals surface area contributed by atoms with Crippen molar-refractivity contribution in [1.29, 1.82) is 0 Å². The smallest absolute Gasteiger partial charge is 0.124 e. The highest BCUT2D eigenvalue weighted by molar-refractivity contribution is 5.50. The molecule has 1 aromatic carbocycles. The van der Waals surface area contributed by atoms with Crippen LogP contribution in [-0.4, -0.2) is 20.7 Å². The molecule has 0 fully saturated rings. The Labute approximate surface area is 99.0 Å². The van der Waals surface area contributed by atoms with Gasteiger partial charge in [-0.15, -0.1) is 0 Å². The van der Waals surface area contributed by atoms with Crippen molar-refractivity contribution in [3.05, 3.63) is 28.3 Å². The summed E-state index contributed by atoms with van der Waals surface area (Å²) in [5.41, 5.74) is 5.26. The molecule has 1 N–H and O–H groups in total. The van der Waals surface area contributed by atoms with Crippen LogP contribution in [0.1, 0.15) is 35.1 Å². The number of likely N-dealkylation sites (N-methyl/N-ethyl adjacent to an activating group) is 1. The normalized spacial score (nSPS) is 12.6. The van der Waals surface area contributed by atoms with Gasteiger partial charge in [-0.25, -0.2) is 0 Å². The van der Waals surface area contributed by atoms with E-state index in [0.717, 1.165) is 12.3 Å². The summed E-state index contributed by atoms with van der Waals surface area (Å²) < 4.78 is 5.44. The van der Waals surface area contributed by atoms with Gasteiger partial charge in [0.15, 0.2) is 0 Å². The summed E-state index contributed by atoms with van der Waals surface area (Å²) in [4.78, 5) is 0. The van der Waals surface area contributed by atoms with Gasteiger partial charge in [0.25, 0.3) is 0 Å². The summed E-state index contributed by atoms with van der Waals surface area (Å²) >= 11 is 0. The van der Waals surface area contributed by atoms with Gasteiger partial charge in [0.2, 0.25) is 0 Å². The fourth-order valence-electron chi connectivity index (χ4n) is 2.33. The molecular weight excluding hydrogens is 198 g/mol. The molecular formula is C14H23NO. The van der Waals surface area contributed by atoms with E-state index in [-0.39, 0.29) is 0 Å². The maximum absolute atomic E-state index is 5.44. The van der Waals surface area contributed by atoms with Crippen LogP contribution in [0.3, 0.4) is 0 Å². The van der Waals surface area contributed by atoms with Gasteiger partial charge in [0, 0.05) is 6.54 Å². The van der Waals surface area contributed by atoms with Gasteiger partial charge in [-0.3, -0.25) is 0 Å². The van der Waals surface area contributed by atoms with Crippen LogP contribution in [0.25, 0.3) is 0 Å². The first kappa shape index (κ1) is 13.0. The molecule has 2 heteroatoms. The van der Waals surface area contributed by atoms with Gasteiger partial charge in [-0.05, 0) is 56.0 Å². The van der Waals surface area contributed by atoms with Crippen molar-refractivity contribution in [2.45, 2.75) is 33.6 Å². The zero-order valence-electron chi connectivity index (χ0n) is 11.3. The Kier molecular flexibility index (Phi) is 4.36. The summed E-state index contributed by atoms with van der Waals surface area (Å²) in [7, 11) is 3.74. The molecule has 0 aliphatic heterocycles. The minimum absolute atomic E-state index is 0.535. The third kappa shape index (κ3) is 2.38. The number of methoxy groups -OCH3 is 1. The fraction of sp³-hybridized carbons (Fsp3) is 0.571. The molecule has 0 amide bonds. The first-order valence-corrected chi connectivity index (χ1v) is 5.82. The van der Waals surface area contributed by atoms with Gasteiger partial charge in [0.05, 0.1) is 7.11 Å². The molecule has 0 bridgehead atoms. The molecule has 0 aliphatic carbocycles. The maximum Gasteiger partial charge on any atom is 0.124 e. The van der Waals surface area contributed by atoms with Crippen LogP contribution in [0.4, 0.5) is 0 Å². The monoisotopic (exact) mass is 221 g/mol. The molecule has 2 nitrogen and oxygen atoms in total. The number of nitrogens with one attached hydrogen (secondary N) is 1. The van der Waals surface area contributed by atoms with Gasteiger partial charge in [-0.1, -0.05) is 13.0 Å². The fourth-order valence-corrected chi connectivity index (χ4v) is 2.33. The predicted molar refractivity (Wildman–Crippen MR) is 69.5 cm³/mol. The van der Waals surface area contributed by atoms with Gasteiger partial charge < -0.3 is 10.1 Å². The second-order valence-corrected chi connectivity index (χ2v) is 4.52. The van der Waals surface area contributed by atoms with E-state index in [9.17, 15) is 0 Å². The van der Waals surface area contributed by atoms with E-state index >= 15 is 0 Å². The Morgan fingerprint density at radius 3 is 2.38 bits per heavy atom. The standard InChI is InChI=1S/C14H23NO/c1-9-7-13(10(2)8-15-5)11(3)12(4)14(9)16-6/h7,10,15H,8H2,1-6H3. The van der Waals surface area contributed by atoms with E-state index in [1.54, 1.807) is 7.11 Å². The maximum atomic E-state index is 5.44. The van der Waals surface area contributed by atoms with Crippen molar-refractivity contribution < 1.29 is 4.74 Å². The van der Waals surface area contributed by atoms with Crippen LogP contribution in [0, 0.1) is 20.8 Å². The van der Waals surface area contributed by atoms with Crippen LogP contribution < -0.4 is 10.1 Å². The van der Waals surface area contributed by atoms with Crippen LogP contribution in [-0.2, 0) is 0 Å². The van der Waals surface area contributed by atoms with E-state index in [2.05, 4.69) is 39.1 Å². The van der Waals surface area contributed by atoms with Gasteiger partial charge in [-0.2, -0.15) is 0 Å². The highest BCUT2D eigenvalue weighted by atomic mass is 16.5. The lowest BCUT2D eigenvalue weighted by Gasteiger charge is -2.20. The number of hydrogen-bond acceptors (Lipinski definition) is 2. The van der Waals surface area contributed by atoms with E-state index in [0.29, 0.717) is 5.92 Å². The first-order chi connectivity index (χ1) is 7.52. The van der Waals surface area contributed by atoms with Gasteiger partial charge in [0.1, 0.15) is 5.75 Å². The van der Waals surface area contributed by atoms with Crippen LogP contribution in [0.2, 0.25) is 0 Å². The van der Waals surface area contributed by atoms with E-state index in [4.69, 9.17) is 4.74 Å². The Bertz CT molecular complexity index is 371. The Morgan fingerprint density at radius 1 is 1.25 bits per heavy atom. The molecule has 16 heavy (non-hydrogen) atoms. The average molecular weight is 221 g/mol. The topological polar surface area (TPSA) is 21.3 Å². The highest BCUT2D eigenvalue weighted by Crippen LogP contribution is 2.31. The van der Waals surface area contributed by atoms with Crippen LogP contribution >= 0.6 is 0 Å². The first-order valence-electron chi connectivity index (χ1n) is 5.82. The molecule has 0 spiro atoms. The summed E-state index contributed by atoms with van der Waals surface area (Å²) in [6, 6.07) is 2.25. The second-order valence-electron chi connectivity index (χ2n) is 4.52. The minimum Gasteiger partial charge on any atom is -0.496 e. The molecule has 1 atom stereocenters. The Hall–Kier alpha value is -1.02. The number of benzene rings is 1. The molecule has 90 valence electrons. The minimum atomic E-state index is 0.535. The lowest BCUT2D eigenvalue weighted by atomic mass is 9.91. The van der Waals surface area contributed by atoms with Crippen molar-refractivity contribution in [3.8, 4) is 5.75 Å². The Balaban J connectivity index is 3.22. The molecule has 0 aromatic heterocycles. The highest BCUT2D eigenvalue weighted by Gasteiger charge is 2.14. The van der Waals surface area contributed by atoms with Gasteiger partial charge >= 0.3 is 0 Å². The number of hydrogen-bond donors (Lipinski definition) is 1. The van der Waals surface area contributed by atoms with E-state index in [1.165, 1.54) is 22.3 Å². The third-order valence-corrected chi connectivity index (χ3v) is 3.31. The zero-order chi connectivity index (χ0) is 12.3. The quantitative estimate of drug-likeness (QED) is 0.844.